The number of nitrogens with zero attached hydrogens (tertiary/aromatic N) is 3. The second-order valence-electron chi connectivity index (χ2n) is 6.46. The van der Waals surface area contributed by atoms with Crippen molar-refractivity contribution in [1.82, 2.24) is 14.7 Å². The molecule has 1 amide bonds. The highest BCUT2D eigenvalue weighted by atomic mass is 16.2. The number of carbonyl (C=O) groups excluding carboxylic acids is 1. The number of hydrogen-bond donors (Lipinski definition) is 0. The molecule has 0 spiro atoms. The zero-order chi connectivity index (χ0) is 15.5. The molecule has 4 heteroatoms. The molecule has 1 aromatic rings. The van der Waals surface area contributed by atoms with E-state index in [1.165, 1.54) is 11.1 Å². The van der Waals surface area contributed by atoms with Gasteiger partial charge in [0.05, 0.1) is 0 Å². The predicted octanol–water partition coefficient (Wildman–Crippen LogP) is 1.77. The van der Waals surface area contributed by atoms with Gasteiger partial charge in [0, 0.05) is 45.2 Å². The van der Waals surface area contributed by atoms with Crippen LogP contribution < -0.4 is 0 Å². The molecular weight excluding hydrogens is 274 g/mol. The number of hydrogen-bond acceptors (Lipinski definition) is 3. The zero-order valence-corrected chi connectivity index (χ0v) is 13.8. The zero-order valence-electron chi connectivity index (χ0n) is 13.8. The van der Waals surface area contributed by atoms with Gasteiger partial charge in [0.2, 0.25) is 5.91 Å². The maximum Gasteiger partial charge on any atom is 0.224 e. The van der Waals surface area contributed by atoms with Crippen LogP contribution in [0.15, 0.2) is 24.3 Å². The average Bonchev–Trinajstić information content (AvgIpc) is 2.57. The van der Waals surface area contributed by atoms with Crippen LogP contribution in [0.4, 0.5) is 0 Å². The van der Waals surface area contributed by atoms with Gasteiger partial charge in [0.25, 0.3) is 0 Å². The molecule has 3 rings (SSSR count). The number of piperazine rings is 1. The van der Waals surface area contributed by atoms with E-state index in [4.69, 9.17) is 0 Å². The van der Waals surface area contributed by atoms with E-state index in [1.807, 2.05) is 0 Å². The summed E-state index contributed by atoms with van der Waals surface area (Å²) >= 11 is 0. The molecule has 4 nitrogen and oxygen atoms in total. The minimum absolute atomic E-state index is 0.238. The van der Waals surface area contributed by atoms with E-state index >= 15 is 0 Å². The SMILES string of the molecule is CCN1CCN(C(=O)C[C@@H]2c3ccccc3CCN2C)CC1. The van der Waals surface area contributed by atoms with Crippen LogP contribution in [0.2, 0.25) is 0 Å². The highest BCUT2D eigenvalue weighted by molar-refractivity contribution is 5.77. The number of benzene rings is 1. The second-order valence-corrected chi connectivity index (χ2v) is 6.46. The third-order valence-electron chi connectivity index (χ3n) is 5.22. The van der Waals surface area contributed by atoms with Gasteiger partial charge in [-0.15, -0.1) is 0 Å². The van der Waals surface area contributed by atoms with Gasteiger partial charge in [-0.2, -0.15) is 0 Å². The maximum atomic E-state index is 12.7. The Balaban J connectivity index is 1.66. The van der Waals surface area contributed by atoms with Crippen LogP contribution in [-0.2, 0) is 11.2 Å². The van der Waals surface area contributed by atoms with Gasteiger partial charge in [-0.1, -0.05) is 31.2 Å². The Hall–Kier alpha value is -1.39. The number of amides is 1. The van der Waals surface area contributed by atoms with Crippen LogP contribution in [0.1, 0.15) is 30.5 Å². The maximum absolute atomic E-state index is 12.7. The minimum atomic E-state index is 0.238. The molecule has 0 saturated carbocycles. The summed E-state index contributed by atoms with van der Waals surface area (Å²) < 4.78 is 0. The van der Waals surface area contributed by atoms with E-state index in [2.05, 4.69) is 52.9 Å². The first-order chi connectivity index (χ1) is 10.7. The van der Waals surface area contributed by atoms with Crippen molar-refractivity contribution in [2.75, 3.05) is 46.3 Å². The van der Waals surface area contributed by atoms with E-state index in [1.54, 1.807) is 0 Å². The summed E-state index contributed by atoms with van der Waals surface area (Å²) in [6.45, 7) is 8.10. The van der Waals surface area contributed by atoms with Crippen LogP contribution in [0.3, 0.4) is 0 Å². The molecule has 2 heterocycles. The fourth-order valence-corrected chi connectivity index (χ4v) is 3.65. The Labute approximate surface area is 133 Å². The quantitative estimate of drug-likeness (QED) is 0.851. The molecule has 22 heavy (non-hydrogen) atoms. The summed E-state index contributed by atoms with van der Waals surface area (Å²) in [4.78, 5) is 19.5. The normalized spacial score (nSPS) is 23.4. The number of rotatable bonds is 3. The Morgan fingerprint density at radius 2 is 1.86 bits per heavy atom. The van der Waals surface area contributed by atoms with Crippen molar-refractivity contribution in [2.24, 2.45) is 0 Å². The van der Waals surface area contributed by atoms with Gasteiger partial charge in [0.15, 0.2) is 0 Å². The van der Waals surface area contributed by atoms with Crippen LogP contribution in [0.25, 0.3) is 0 Å². The standard InChI is InChI=1S/C18H27N3O/c1-3-20-10-12-21(13-11-20)18(22)14-17-16-7-5-4-6-15(16)8-9-19(17)2/h4-7,17H,3,8-14H2,1-2H3/t17-/m1/s1. The van der Waals surface area contributed by atoms with Gasteiger partial charge < -0.3 is 9.80 Å². The van der Waals surface area contributed by atoms with E-state index in [9.17, 15) is 4.79 Å². The first-order valence-corrected chi connectivity index (χ1v) is 8.47. The van der Waals surface area contributed by atoms with Crippen molar-refractivity contribution in [3.05, 3.63) is 35.4 Å². The van der Waals surface area contributed by atoms with Crippen molar-refractivity contribution in [2.45, 2.75) is 25.8 Å². The summed E-state index contributed by atoms with van der Waals surface area (Å²) in [5.74, 6) is 0.310. The second kappa shape index (κ2) is 6.80. The lowest BCUT2D eigenvalue weighted by Gasteiger charge is -2.38. The molecule has 0 bridgehead atoms. The average molecular weight is 301 g/mol. The molecule has 0 aliphatic carbocycles. The van der Waals surface area contributed by atoms with E-state index in [0.29, 0.717) is 12.3 Å². The summed E-state index contributed by atoms with van der Waals surface area (Å²) in [5.41, 5.74) is 2.76. The lowest BCUT2D eigenvalue weighted by Crippen LogP contribution is -2.49. The highest BCUT2D eigenvalue weighted by Crippen LogP contribution is 2.31. The largest absolute Gasteiger partial charge is 0.340 e. The van der Waals surface area contributed by atoms with Crippen molar-refractivity contribution in [1.29, 1.82) is 0 Å². The molecule has 1 aromatic carbocycles. The number of likely N-dealkylation sites (N-methyl/N-ethyl adjacent to an activating group) is 2. The number of carbonyl (C=O) groups is 1. The van der Waals surface area contributed by atoms with Crippen LogP contribution in [0, 0.1) is 0 Å². The van der Waals surface area contributed by atoms with Crippen molar-refractivity contribution < 1.29 is 4.79 Å². The fourth-order valence-electron chi connectivity index (χ4n) is 3.65. The molecule has 0 N–H and O–H groups in total. The lowest BCUT2D eigenvalue weighted by atomic mass is 9.91. The first-order valence-electron chi connectivity index (χ1n) is 8.47. The van der Waals surface area contributed by atoms with Crippen LogP contribution in [-0.4, -0.2) is 66.9 Å². The van der Waals surface area contributed by atoms with Gasteiger partial charge in [-0.3, -0.25) is 9.69 Å². The molecule has 1 fully saturated rings. The van der Waals surface area contributed by atoms with Crippen LogP contribution in [0.5, 0.6) is 0 Å². The van der Waals surface area contributed by atoms with E-state index in [-0.39, 0.29) is 6.04 Å². The molecule has 0 unspecified atom stereocenters. The molecule has 1 saturated heterocycles. The molecule has 2 aliphatic heterocycles. The van der Waals surface area contributed by atoms with Crippen molar-refractivity contribution in [3.63, 3.8) is 0 Å². The molecule has 120 valence electrons. The molecule has 0 aromatic heterocycles. The number of fused-ring (bicyclic) bond motifs is 1. The van der Waals surface area contributed by atoms with Gasteiger partial charge in [-0.25, -0.2) is 0 Å². The van der Waals surface area contributed by atoms with Gasteiger partial charge in [-0.05, 0) is 31.1 Å². The van der Waals surface area contributed by atoms with Crippen LogP contribution >= 0.6 is 0 Å². The summed E-state index contributed by atoms with van der Waals surface area (Å²) in [5, 5.41) is 0. The minimum Gasteiger partial charge on any atom is -0.340 e. The first kappa shape index (κ1) is 15.5. The van der Waals surface area contributed by atoms with Gasteiger partial charge in [0.1, 0.15) is 0 Å². The molecular formula is C18H27N3O. The lowest BCUT2D eigenvalue weighted by molar-refractivity contribution is -0.134. The fraction of sp³-hybridized carbons (Fsp3) is 0.611. The smallest absolute Gasteiger partial charge is 0.224 e. The van der Waals surface area contributed by atoms with Crippen molar-refractivity contribution >= 4 is 5.91 Å². The summed E-state index contributed by atoms with van der Waals surface area (Å²) in [7, 11) is 2.14. The molecule has 2 aliphatic rings. The van der Waals surface area contributed by atoms with E-state index < -0.39 is 0 Å². The molecule has 0 radical (unpaired) electrons. The third kappa shape index (κ3) is 3.18. The monoisotopic (exact) mass is 301 g/mol. The van der Waals surface area contributed by atoms with E-state index in [0.717, 1.165) is 45.7 Å². The Kier molecular flexibility index (Phi) is 4.79. The topological polar surface area (TPSA) is 26.8 Å². The van der Waals surface area contributed by atoms with Gasteiger partial charge >= 0.3 is 0 Å². The summed E-state index contributed by atoms with van der Waals surface area (Å²) in [6, 6.07) is 8.84. The van der Waals surface area contributed by atoms with Crippen molar-refractivity contribution in [3.8, 4) is 0 Å². The summed E-state index contributed by atoms with van der Waals surface area (Å²) in [6.07, 6.45) is 1.70. The molecule has 1 atom stereocenters. The Morgan fingerprint density at radius 3 is 2.59 bits per heavy atom. The predicted molar refractivity (Wildman–Crippen MR) is 88.8 cm³/mol. The third-order valence-corrected chi connectivity index (χ3v) is 5.22. The Bertz CT molecular complexity index is 523. The Morgan fingerprint density at radius 1 is 1.14 bits per heavy atom. The highest BCUT2D eigenvalue weighted by Gasteiger charge is 2.29.